The van der Waals surface area contributed by atoms with E-state index < -0.39 is 17.9 Å². The van der Waals surface area contributed by atoms with Gasteiger partial charge in [-0.05, 0) is 42.8 Å². The maximum absolute atomic E-state index is 14.6. The molecule has 1 aromatic carbocycles. The highest BCUT2D eigenvalue weighted by Gasteiger charge is 2.22. The number of nitrogens with two attached hydrogens (primary N) is 1. The summed E-state index contributed by atoms with van der Waals surface area (Å²) >= 11 is 5.84. The second kappa shape index (κ2) is 6.75. The first-order chi connectivity index (χ1) is 13.3. The molecular formula is C18H12ClF3N6. The zero-order chi connectivity index (χ0) is 20.0. The molecule has 4 rings (SSSR count). The van der Waals surface area contributed by atoms with Crippen LogP contribution in [0.5, 0.6) is 0 Å². The third-order valence-corrected chi connectivity index (χ3v) is 4.39. The van der Waals surface area contributed by atoms with Gasteiger partial charge in [0.05, 0.1) is 11.3 Å². The van der Waals surface area contributed by atoms with Crippen molar-refractivity contribution in [3.05, 3.63) is 58.9 Å². The van der Waals surface area contributed by atoms with Crippen molar-refractivity contribution < 1.29 is 13.2 Å². The van der Waals surface area contributed by atoms with Crippen LogP contribution in [0.15, 0.2) is 36.7 Å². The molecule has 0 saturated heterocycles. The minimum Gasteiger partial charge on any atom is -0.369 e. The number of halogens is 4. The highest BCUT2D eigenvalue weighted by Crippen LogP contribution is 2.37. The van der Waals surface area contributed by atoms with Gasteiger partial charge < -0.3 is 5.73 Å². The molecule has 0 aliphatic rings. The molecular weight excluding hydrogens is 393 g/mol. The number of alkyl halides is 2. The molecule has 0 spiro atoms. The SMILES string of the molecule is Cc1cc(-c2c(-c3ccc(Cl)cc3F)nc(N)n3cnnc23)cc(C(F)F)n1. The predicted octanol–water partition coefficient (Wildman–Crippen LogP) is 4.47. The number of rotatable bonds is 3. The van der Waals surface area contributed by atoms with Gasteiger partial charge in [0.25, 0.3) is 6.43 Å². The molecule has 2 N–H and O–H groups in total. The Labute approximate surface area is 161 Å². The molecule has 142 valence electrons. The number of aryl methyl sites for hydroxylation is 1. The van der Waals surface area contributed by atoms with E-state index in [1.165, 1.54) is 28.9 Å². The van der Waals surface area contributed by atoms with Gasteiger partial charge in [0.15, 0.2) is 5.65 Å². The Hall–Kier alpha value is -3.20. The number of anilines is 1. The molecule has 0 saturated carbocycles. The summed E-state index contributed by atoms with van der Waals surface area (Å²) in [5.41, 5.74) is 7.06. The summed E-state index contributed by atoms with van der Waals surface area (Å²) in [6.07, 6.45) is -1.43. The number of nitrogens with zero attached hydrogens (tertiary/aromatic N) is 5. The Bertz CT molecular complexity index is 1210. The number of hydrogen-bond acceptors (Lipinski definition) is 5. The van der Waals surface area contributed by atoms with Crippen LogP contribution in [0.3, 0.4) is 0 Å². The fourth-order valence-electron chi connectivity index (χ4n) is 3.00. The lowest BCUT2D eigenvalue weighted by Crippen LogP contribution is -2.05. The van der Waals surface area contributed by atoms with Gasteiger partial charge in [0.2, 0.25) is 5.95 Å². The van der Waals surface area contributed by atoms with Crippen LogP contribution in [0.4, 0.5) is 19.1 Å². The summed E-state index contributed by atoms with van der Waals surface area (Å²) in [5.74, 6) is -0.614. The molecule has 0 fully saturated rings. The lowest BCUT2D eigenvalue weighted by atomic mass is 9.99. The number of fused-ring (bicyclic) bond motifs is 1. The maximum atomic E-state index is 14.6. The highest BCUT2D eigenvalue weighted by molar-refractivity contribution is 6.30. The molecule has 0 unspecified atom stereocenters. The fourth-order valence-corrected chi connectivity index (χ4v) is 3.15. The zero-order valence-corrected chi connectivity index (χ0v) is 15.1. The van der Waals surface area contributed by atoms with Crippen molar-refractivity contribution in [1.82, 2.24) is 24.6 Å². The molecule has 0 aliphatic heterocycles. The summed E-state index contributed by atoms with van der Waals surface area (Å²) in [7, 11) is 0. The monoisotopic (exact) mass is 404 g/mol. The maximum Gasteiger partial charge on any atom is 0.280 e. The highest BCUT2D eigenvalue weighted by atomic mass is 35.5. The Kier molecular flexibility index (Phi) is 4.38. The normalized spacial score (nSPS) is 11.5. The average Bonchev–Trinajstić information content (AvgIpc) is 3.11. The standard InChI is InChI=1S/C18H12ClF3N6/c1-8-4-9(5-13(25-8)16(21)22)14-15(11-3-2-10(19)6-12(11)20)26-18(23)28-7-24-27-17(14)28/h2-7,16H,1H3,(H2,23,26). The summed E-state index contributed by atoms with van der Waals surface area (Å²) in [5, 5.41) is 8.05. The van der Waals surface area contributed by atoms with Crippen LogP contribution in [-0.4, -0.2) is 24.6 Å². The second-order valence-electron chi connectivity index (χ2n) is 6.07. The van der Waals surface area contributed by atoms with Crippen molar-refractivity contribution in [3.63, 3.8) is 0 Å². The van der Waals surface area contributed by atoms with E-state index >= 15 is 0 Å². The van der Waals surface area contributed by atoms with E-state index in [4.69, 9.17) is 17.3 Å². The Balaban J connectivity index is 2.10. The molecule has 0 bridgehead atoms. The first-order valence-corrected chi connectivity index (χ1v) is 8.44. The zero-order valence-electron chi connectivity index (χ0n) is 14.4. The van der Waals surface area contributed by atoms with Crippen molar-refractivity contribution in [3.8, 4) is 22.4 Å². The van der Waals surface area contributed by atoms with Crippen molar-refractivity contribution in [2.24, 2.45) is 0 Å². The number of aromatic nitrogens is 5. The summed E-state index contributed by atoms with van der Waals surface area (Å²) in [6, 6.07) is 6.88. The van der Waals surface area contributed by atoms with Gasteiger partial charge in [-0.1, -0.05) is 11.6 Å². The molecule has 0 aliphatic carbocycles. The quantitative estimate of drug-likeness (QED) is 0.544. The van der Waals surface area contributed by atoms with Crippen molar-refractivity contribution in [2.45, 2.75) is 13.3 Å². The first kappa shape index (κ1) is 18.2. The lowest BCUT2D eigenvalue weighted by molar-refractivity contribution is 0.146. The molecule has 10 heteroatoms. The molecule has 3 aromatic heterocycles. The van der Waals surface area contributed by atoms with E-state index in [0.29, 0.717) is 16.8 Å². The third-order valence-electron chi connectivity index (χ3n) is 4.15. The lowest BCUT2D eigenvalue weighted by Gasteiger charge is -2.14. The number of nitrogen functional groups attached to an aromatic ring is 1. The molecule has 28 heavy (non-hydrogen) atoms. The molecule has 4 aromatic rings. The van der Waals surface area contributed by atoms with Gasteiger partial charge in [-0.2, -0.15) is 0 Å². The van der Waals surface area contributed by atoms with Gasteiger partial charge in [0.1, 0.15) is 17.8 Å². The summed E-state index contributed by atoms with van der Waals surface area (Å²) in [6.45, 7) is 1.59. The number of hydrogen-bond donors (Lipinski definition) is 1. The first-order valence-electron chi connectivity index (χ1n) is 8.07. The Morgan fingerprint density at radius 2 is 1.93 bits per heavy atom. The van der Waals surface area contributed by atoms with Gasteiger partial charge in [-0.15, -0.1) is 10.2 Å². The summed E-state index contributed by atoms with van der Waals surface area (Å²) in [4.78, 5) is 8.13. The Morgan fingerprint density at radius 1 is 1.14 bits per heavy atom. The molecule has 0 amide bonds. The van der Waals surface area contributed by atoms with Crippen LogP contribution in [-0.2, 0) is 0 Å². The van der Waals surface area contributed by atoms with Gasteiger partial charge >= 0.3 is 0 Å². The van der Waals surface area contributed by atoms with Crippen LogP contribution in [0.2, 0.25) is 5.02 Å². The van der Waals surface area contributed by atoms with Gasteiger partial charge in [-0.25, -0.2) is 18.2 Å². The molecule has 3 heterocycles. The van der Waals surface area contributed by atoms with E-state index in [1.807, 2.05) is 0 Å². The van der Waals surface area contributed by atoms with Crippen molar-refractivity contribution in [1.29, 1.82) is 0 Å². The average molecular weight is 405 g/mol. The van der Waals surface area contributed by atoms with Crippen LogP contribution >= 0.6 is 11.6 Å². The minimum atomic E-state index is -2.77. The molecule has 0 radical (unpaired) electrons. The van der Waals surface area contributed by atoms with Gasteiger partial charge in [-0.3, -0.25) is 9.38 Å². The number of benzene rings is 1. The van der Waals surface area contributed by atoms with Gasteiger partial charge in [0, 0.05) is 16.3 Å². The smallest absolute Gasteiger partial charge is 0.280 e. The minimum absolute atomic E-state index is 0.0213. The van der Waals surface area contributed by atoms with E-state index in [1.54, 1.807) is 13.0 Å². The Morgan fingerprint density at radius 3 is 2.64 bits per heavy atom. The van der Waals surface area contributed by atoms with Crippen LogP contribution in [0, 0.1) is 12.7 Å². The van der Waals surface area contributed by atoms with E-state index in [-0.39, 0.29) is 27.9 Å². The van der Waals surface area contributed by atoms with Crippen LogP contribution in [0.25, 0.3) is 28.0 Å². The van der Waals surface area contributed by atoms with E-state index in [9.17, 15) is 13.2 Å². The second-order valence-corrected chi connectivity index (χ2v) is 6.50. The molecule has 6 nitrogen and oxygen atoms in total. The topological polar surface area (TPSA) is 82.0 Å². The van der Waals surface area contributed by atoms with Crippen molar-refractivity contribution >= 4 is 23.2 Å². The largest absolute Gasteiger partial charge is 0.369 e. The third kappa shape index (κ3) is 3.03. The van der Waals surface area contributed by atoms with Crippen molar-refractivity contribution in [2.75, 3.05) is 5.73 Å². The van der Waals surface area contributed by atoms with E-state index in [0.717, 1.165) is 6.07 Å². The molecule has 0 atom stereocenters. The van der Waals surface area contributed by atoms with Crippen LogP contribution in [0.1, 0.15) is 17.8 Å². The predicted molar refractivity (Wildman–Crippen MR) is 98.5 cm³/mol. The van der Waals surface area contributed by atoms with Crippen LogP contribution < -0.4 is 5.73 Å². The fraction of sp³-hybridized carbons (Fsp3) is 0.111. The van der Waals surface area contributed by atoms with E-state index in [2.05, 4.69) is 20.2 Å². The summed E-state index contributed by atoms with van der Waals surface area (Å²) < 4.78 is 42.6. The number of pyridine rings is 1.